The molecule has 0 aliphatic heterocycles. The lowest BCUT2D eigenvalue weighted by Gasteiger charge is -2.14. The van der Waals surface area contributed by atoms with Crippen LogP contribution in [0.15, 0.2) is 90.1 Å². The van der Waals surface area contributed by atoms with Crippen LogP contribution in [0.25, 0.3) is 17.1 Å². The Hall–Kier alpha value is -3.58. The van der Waals surface area contributed by atoms with E-state index >= 15 is 0 Å². The average Bonchev–Trinajstić information content (AvgIpc) is 3.19. The van der Waals surface area contributed by atoms with Crippen molar-refractivity contribution in [2.45, 2.75) is 17.3 Å². The fourth-order valence-corrected chi connectivity index (χ4v) is 3.80. The van der Waals surface area contributed by atoms with Crippen LogP contribution in [-0.2, 0) is 4.79 Å². The number of hydrogen-bond acceptors (Lipinski definition) is 5. The third kappa shape index (κ3) is 4.36. The molecule has 0 radical (unpaired) electrons. The first kappa shape index (κ1) is 19.7. The zero-order valence-electron chi connectivity index (χ0n) is 16.3. The molecule has 0 fully saturated rings. The van der Waals surface area contributed by atoms with Crippen LogP contribution in [0.4, 0.5) is 5.69 Å². The third-order valence-electron chi connectivity index (χ3n) is 4.47. The molecule has 1 atom stereocenters. The Morgan fingerprint density at radius 1 is 0.933 bits per heavy atom. The van der Waals surface area contributed by atoms with Crippen molar-refractivity contribution in [2.75, 3.05) is 5.32 Å². The maximum Gasteiger partial charge on any atom is 0.237 e. The van der Waals surface area contributed by atoms with Gasteiger partial charge in [0.2, 0.25) is 5.91 Å². The number of nitrogens with one attached hydrogen (secondary N) is 1. The molecule has 1 heterocycles. The second-order valence-corrected chi connectivity index (χ2v) is 7.95. The minimum absolute atomic E-state index is 0.111. The maximum atomic E-state index is 12.7. The predicted octanol–water partition coefficient (Wildman–Crippen LogP) is 4.76. The van der Waals surface area contributed by atoms with Gasteiger partial charge in [-0.05, 0) is 55.5 Å². The number of hydrogen-bond donors (Lipinski definition) is 2. The van der Waals surface area contributed by atoms with Gasteiger partial charge in [0.1, 0.15) is 5.75 Å². The van der Waals surface area contributed by atoms with Crippen LogP contribution >= 0.6 is 11.8 Å². The van der Waals surface area contributed by atoms with E-state index in [9.17, 15) is 9.90 Å². The first-order chi connectivity index (χ1) is 14.6. The number of nitrogens with zero attached hydrogens (tertiary/aromatic N) is 3. The molecule has 0 saturated carbocycles. The highest BCUT2D eigenvalue weighted by Crippen LogP contribution is 2.31. The molecule has 1 aromatic heterocycles. The van der Waals surface area contributed by atoms with Crippen molar-refractivity contribution in [3.63, 3.8) is 0 Å². The summed E-state index contributed by atoms with van der Waals surface area (Å²) in [5, 5.41) is 21.5. The van der Waals surface area contributed by atoms with E-state index in [4.69, 9.17) is 0 Å². The molecule has 0 aliphatic rings. The van der Waals surface area contributed by atoms with Crippen LogP contribution < -0.4 is 5.32 Å². The lowest BCUT2D eigenvalue weighted by Crippen LogP contribution is -2.22. The Labute approximate surface area is 178 Å². The van der Waals surface area contributed by atoms with E-state index in [1.54, 1.807) is 24.3 Å². The average molecular weight is 417 g/mol. The number of carbonyl (C=O) groups is 1. The summed E-state index contributed by atoms with van der Waals surface area (Å²) in [4.78, 5) is 12.7. The van der Waals surface area contributed by atoms with Crippen molar-refractivity contribution in [3.05, 3.63) is 84.9 Å². The number of aromatic nitrogens is 3. The van der Waals surface area contributed by atoms with Crippen molar-refractivity contribution in [1.29, 1.82) is 0 Å². The van der Waals surface area contributed by atoms with Crippen molar-refractivity contribution < 1.29 is 9.90 Å². The van der Waals surface area contributed by atoms with E-state index in [1.165, 1.54) is 11.8 Å². The number of para-hydroxylation sites is 2. The molecule has 0 saturated heterocycles. The van der Waals surface area contributed by atoms with Gasteiger partial charge < -0.3 is 10.4 Å². The van der Waals surface area contributed by atoms with Crippen LogP contribution in [0.5, 0.6) is 5.75 Å². The molecule has 6 nitrogen and oxygen atoms in total. The fourth-order valence-electron chi connectivity index (χ4n) is 2.93. The molecular formula is C23H20N4O2S. The van der Waals surface area contributed by atoms with Gasteiger partial charge in [0, 0.05) is 16.9 Å². The number of phenols is 1. The molecule has 2 N–H and O–H groups in total. The van der Waals surface area contributed by atoms with Gasteiger partial charge in [-0.15, -0.1) is 10.2 Å². The monoisotopic (exact) mass is 416 g/mol. The van der Waals surface area contributed by atoms with Crippen LogP contribution in [0.1, 0.15) is 6.92 Å². The summed E-state index contributed by atoms with van der Waals surface area (Å²) >= 11 is 1.34. The Kier molecular flexibility index (Phi) is 5.81. The first-order valence-corrected chi connectivity index (χ1v) is 10.3. The van der Waals surface area contributed by atoms with Gasteiger partial charge in [-0.1, -0.05) is 48.2 Å². The molecule has 1 amide bonds. The SMILES string of the molecule is C[C@@H](Sc1nnc(-c2ccc(O)cc2)n1-c1ccccc1)C(=O)Nc1ccccc1. The van der Waals surface area contributed by atoms with Crippen molar-refractivity contribution in [1.82, 2.24) is 14.8 Å². The van der Waals surface area contributed by atoms with Crippen LogP contribution in [0, 0.1) is 0 Å². The van der Waals surface area contributed by atoms with Gasteiger partial charge in [0.05, 0.1) is 5.25 Å². The molecule has 3 aromatic carbocycles. The Balaban J connectivity index is 1.64. The molecule has 0 spiro atoms. The summed E-state index contributed by atoms with van der Waals surface area (Å²) < 4.78 is 1.92. The first-order valence-electron chi connectivity index (χ1n) is 9.44. The largest absolute Gasteiger partial charge is 0.508 e. The highest BCUT2D eigenvalue weighted by molar-refractivity contribution is 8.00. The quantitative estimate of drug-likeness (QED) is 0.443. The molecule has 0 unspecified atom stereocenters. The molecule has 0 aliphatic carbocycles. The van der Waals surface area contributed by atoms with E-state index in [1.807, 2.05) is 72.2 Å². The van der Waals surface area contributed by atoms with E-state index < -0.39 is 0 Å². The molecule has 4 aromatic rings. The number of thioether (sulfide) groups is 1. The summed E-state index contributed by atoms with van der Waals surface area (Å²) in [5.74, 6) is 0.713. The smallest absolute Gasteiger partial charge is 0.237 e. The standard InChI is InChI=1S/C23H20N4O2S/c1-16(22(29)24-18-8-4-2-5-9-18)30-23-26-25-21(17-12-14-20(28)15-13-17)27(23)19-10-6-3-7-11-19/h2-16,28H,1H3,(H,24,29)/t16-/m1/s1. The molecule has 150 valence electrons. The highest BCUT2D eigenvalue weighted by atomic mass is 32.2. The van der Waals surface area contributed by atoms with E-state index in [0.717, 1.165) is 16.9 Å². The molecule has 7 heteroatoms. The zero-order valence-corrected chi connectivity index (χ0v) is 17.1. The van der Waals surface area contributed by atoms with Crippen molar-refractivity contribution in [3.8, 4) is 22.8 Å². The van der Waals surface area contributed by atoms with Crippen LogP contribution in [0.2, 0.25) is 0 Å². The van der Waals surface area contributed by atoms with E-state index in [0.29, 0.717) is 11.0 Å². The number of rotatable bonds is 6. The minimum Gasteiger partial charge on any atom is -0.508 e. The summed E-state index contributed by atoms with van der Waals surface area (Å²) in [5.41, 5.74) is 2.46. The number of amides is 1. The summed E-state index contributed by atoms with van der Waals surface area (Å²) in [6.07, 6.45) is 0. The Bertz CT molecular complexity index is 1130. The van der Waals surface area contributed by atoms with Crippen molar-refractivity contribution in [2.24, 2.45) is 0 Å². The minimum atomic E-state index is -0.385. The molecule has 30 heavy (non-hydrogen) atoms. The topological polar surface area (TPSA) is 80.0 Å². The van der Waals surface area contributed by atoms with Gasteiger partial charge in [-0.2, -0.15) is 0 Å². The number of aromatic hydroxyl groups is 1. The van der Waals surface area contributed by atoms with E-state index in [-0.39, 0.29) is 16.9 Å². The highest BCUT2D eigenvalue weighted by Gasteiger charge is 2.22. The van der Waals surface area contributed by atoms with Gasteiger partial charge in [-0.3, -0.25) is 9.36 Å². The lowest BCUT2D eigenvalue weighted by atomic mass is 10.2. The Morgan fingerprint density at radius 2 is 1.57 bits per heavy atom. The van der Waals surface area contributed by atoms with Gasteiger partial charge >= 0.3 is 0 Å². The summed E-state index contributed by atoms with van der Waals surface area (Å²) in [7, 11) is 0. The number of benzene rings is 3. The molecule has 0 bridgehead atoms. The number of phenolic OH excluding ortho intramolecular Hbond substituents is 1. The molecular weight excluding hydrogens is 396 g/mol. The fraction of sp³-hybridized carbons (Fsp3) is 0.0870. The predicted molar refractivity (Wildman–Crippen MR) is 119 cm³/mol. The van der Waals surface area contributed by atoms with Crippen molar-refractivity contribution >= 4 is 23.4 Å². The second-order valence-electron chi connectivity index (χ2n) is 6.64. The summed E-state index contributed by atoms with van der Waals surface area (Å²) in [6, 6.07) is 25.9. The van der Waals surface area contributed by atoms with Gasteiger partial charge in [-0.25, -0.2) is 0 Å². The number of anilines is 1. The molecule has 4 rings (SSSR count). The van der Waals surface area contributed by atoms with Crippen LogP contribution in [-0.4, -0.2) is 31.0 Å². The maximum absolute atomic E-state index is 12.7. The van der Waals surface area contributed by atoms with Gasteiger partial charge in [0.15, 0.2) is 11.0 Å². The van der Waals surface area contributed by atoms with E-state index in [2.05, 4.69) is 15.5 Å². The second kappa shape index (κ2) is 8.84. The van der Waals surface area contributed by atoms with Crippen LogP contribution in [0.3, 0.4) is 0 Å². The Morgan fingerprint density at radius 3 is 2.23 bits per heavy atom. The lowest BCUT2D eigenvalue weighted by molar-refractivity contribution is -0.115. The zero-order chi connectivity index (χ0) is 20.9. The summed E-state index contributed by atoms with van der Waals surface area (Å²) in [6.45, 7) is 1.84. The van der Waals surface area contributed by atoms with Gasteiger partial charge in [0.25, 0.3) is 0 Å². The normalized spacial score (nSPS) is 11.8. The third-order valence-corrected chi connectivity index (χ3v) is 5.51. The number of carbonyl (C=O) groups excluding carboxylic acids is 1.